The highest BCUT2D eigenvalue weighted by molar-refractivity contribution is 5.47. The second kappa shape index (κ2) is 6.54. The number of aromatic nitrogens is 2. The van der Waals surface area contributed by atoms with E-state index in [0.717, 1.165) is 36.8 Å². The van der Waals surface area contributed by atoms with Gasteiger partial charge < -0.3 is 15.7 Å². The third-order valence-electron chi connectivity index (χ3n) is 2.85. The Labute approximate surface area is 109 Å². The molecule has 1 rings (SSSR count). The highest BCUT2D eigenvalue weighted by Gasteiger charge is 2.17. The van der Waals surface area contributed by atoms with Crippen molar-refractivity contribution in [2.45, 2.75) is 33.6 Å². The van der Waals surface area contributed by atoms with Crippen LogP contribution in [0.3, 0.4) is 0 Å². The van der Waals surface area contributed by atoms with Crippen LogP contribution in [0.2, 0.25) is 0 Å². The number of rotatable bonds is 7. The molecular weight excluding hydrogens is 228 g/mol. The van der Waals surface area contributed by atoms with Gasteiger partial charge in [-0.25, -0.2) is 9.97 Å². The van der Waals surface area contributed by atoms with Crippen molar-refractivity contribution in [3.05, 3.63) is 11.9 Å². The van der Waals surface area contributed by atoms with Crippen molar-refractivity contribution in [3.63, 3.8) is 0 Å². The summed E-state index contributed by atoms with van der Waals surface area (Å²) in [7, 11) is 1.84. The van der Waals surface area contributed by atoms with Crippen LogP contribution in [-0.2, 0) is 0 Å². The minimum Gasteiger partial charge on any atom is -0.396 e. The van der Waals surface area contributed by atoms with Gasteiger partial charge in [-0.1, -0.05) is 13.8 Å². The molecule has 1 aromatic heterocycles. The second-order valence-corrected chi connectivity index (χ2v) is 5.28. The number of aliphatic hydroxyl groups excluding tert-OH is 1. The van der Waals surface area contributed by atoms with Crippen LogP contribution in [0.1, 0.15) is 32.5 Å². The molecule has 0 aliphatic rings. The first-order valence-corrected chi connectivity index (χ1v) is 6.35. The van der Waals surface area contributed by atoms with Gasteiger partial charge in [-0.3, -0.25) is 0 Å². The number of nitrogens with one attached hydrogen (secondary N) is 2. The SMILES string of the molecule is CNc1cc(NCC(C)(C)CCCO)nc(C)n1. The molecule has 102 valence electrons. The third kappa shape index (κ3) is 4.87. The van der Waals surface area contributed by atoms with Crippen LogP contribution >= 0.6 is 0 Å². The molecular formula is C13H24N4O. The molecule has 0 unspecified atom stereocenters. The molecule has 5 nitrogen and oxygen atoms in total. The number of aryl methyl sites for hydroxylation is 1. The number of aliphatic hydroxyl groups is 1. The maximum absolute atomic E-state index is 8.87. The zero-order valence-corrected chi connectivity index (χ0v) is 11.7. The summed E-state index contributed by atoms with van der Waals surface area (Å²) in [6.45, 7) is 7.32. The molecule has 0 aliphatic carbocycles. The first kappa shape index (κ1) is 14.7. The molecule has 0 fully saturated rings. The highest BCUT2D eigenvalue weighted by Crippen LogP contribution is 2.23. The predicted molar refractivity (Wildman–Crippen MR) is 74.9 cm³/mol. The molecule has 0 saturated heterocycles. The zero-order valence-electron chi connectivity index (χ0n) is 11.7. The maximum Gasteiger partial charge on any atom is 0.131 e. The van der Waals surface area contributed by atoms with Crippen molar-refractivity contribution in [1.82, 2.24) is 9.97 Å². The number of nitrogens with zero attached hydrogens (tertiary/aromatic N) is 2. The van der Waals surface area contributed by atoms with E-state index in [4.69, 9.17) is 5.11 Å². The number of anilines is 2. The van der Waals surface area contributed by atoms with Gasteiger partial charge in [0, 0.05) is 26.3 Å². The molecule has 3 N–H and O–H groups in total. The molecule has 0 radical (unpaired) electrons. The first-order chi connectivity index (χ1) is 8.46. The molecule has 1 heterocycles. The van der Waals surface area contributed by atoms with Crippen LogP contribution in [-0.4, -0.2) is 35.3 Å². The molecule has 0 aromatic carbocycles. The molecule has 0 aliphatic heterocycles. The summed E-state index contributed by atoms with van der Waals surface area (Å²) in [6.07, 6.45) is 1.82. The Morgan fingerprint density at radius 1 is 1.28 bits per heavy atom. The Bertz CT molecular complexity index is 379. The van der Waals surface area contributed by atoms with Crippen LogP contribution in [0.25, 0.3) is 0 Å². The summed E-state index contributed by atoms with van der Waals surface area (Å²) in [5, 5.41) is 15.2. The van der Waals surface area contributed by atoms with E-state index in [9.17, 15) is 0 Å². The molecule has 1 aromatic rings. The van der Waals surface area contributed by atoms with Crippen molar-refractivity contribution < 1.29 is 5.11 Å². The van der Waals surface area contributed by atoms with Crippen LogP contribution < -0.4 is 10.6 Å². The van der Waals surface area contributed by atoms with E-state index >= 15 is 0 Å². The summed E-state index contributed by atoms with van der Waals surface area (Å²) < 4.78 is 0. The molecule has 18 heavy (non-hydrogen) atoms. The number of hydrogen-bond acceptors (Lipinski definition) is 5. The van der Waals surface area contributed by atoms with Gasteiger partial charge in [-0.05, 0) is 25.2 Å². The van der Waals surface area contributed by atoms with Gasteiger partial charge in [-0.2, -0.15) is 0 Å². The summed E-state index contributed by atoms with van der Waals surface area (Å²) in [4.78, 5) is 8.60. The van der Waals surface area contributed by atoms with Crippen molar-refractivity contribution in [2.24, 2.45) is 5.41 Å². The largest absolute Gasteiger partial charge is 0.396 e. The highest BCUT2D eigenvalue weighted by atomic mass is 16.2. The lowest BCUT2D eigenvalue weighted by Gasteiger charge is -2.25. The first-order valence-electron chi connectivity index (χ1n) is 6.35. The van der Waals surface area contributed by atoms with E-state index in [0.29, 0.717) is 0 Å². The molecule has 5 heteroatoms. The Kier molecular flexibility index (Phi) is 5.34. The Morgan fingerprint density at radius 2 is 1.94 bits per heavy atom. The van der Waals surface area contributed by atoms with Crippen LogP contribution in [0.5, 0.6) is 0 Å². The van der Waals surface area contributed by atoms with Gasteiger partial charge in [0.05, 0.1) is 0 Å². The van der Waals surface area contributed by atoms with Crippen molar-refractivity contribution in [3.8, 4) is 0 Å². The van der Waals surface area contributed by atoms with E-state index in [1.165, 1.54) is 0 Å². The van der Waals surface area contributed by atoms with Gasteiger partial charge in [0.15, 0.2) is 0 Å². The monoisotopic (exact) mass is 252 g/mol. The van der Waals surface area contributed by atoms with E-state index in [1.54, 1.807) is 0 Å². The normalized spacial score (nSPS) is 11.4. The molecule has 0 atom stereocenters. The van der Waals surface area contributed by atoms with E-state index < -0.39 is 0 Å². The Balaban J connectivity index is 2.59. The van der Waals surface area contributed by atoms with Crippen LogP contribution in [0, 0.1) is 12.3 Å². The lowest BCUT2D eigenvalue weighted by Crippen LogP contribution is -2.24. The fourth-order valence-electron chi connectivity index (χ4n) is 1.76. The maximum atomic E-state index is 8.87. The minimum atomic E-state index is 0.140. The average molecular weight is 252 g/mol. The zero-order chi connectivity index (χ0) is 13.6. The summed E-state index contributed by atoms with van der Waals surface area (Å²) >= 11 is 0. The van der Waals surface area contributed by atoms with Crippen molar-refractivity contribution in [1.29, 1.82) is 0 Å². The van der Waals surface area contributed by atoms with Gasteiger partial charge in [0.2, 0.25) is 0 Å². The molecule has 0 saturated carbocycles. The van der Waals surface area contributed by atoms with Gasteiger partial charge in [0.25, 0.3) is 0 Å². The van der Waals surface area contributed by atoms with Crippen molar-refractivity contribution in [2.75, 3.05) is 30.8 Å². The standard InChI is InChI=1S/C13H24N4O/c1-10-16-11(14-4)8-12(17-10)15-9-13(2,3)6-5-7-18/h8,18H,5-7,9H2,1-4H3,(H2,14,15,16,17). The summed E-state index contributed by atoms with van der Waals surface area (Å²) in [6, 6.07) is 1.90. The molecule has 0 bridgehead atoms. The Morgan fingerprint density at radius 3 is 2.56 bits per heavy atom. The second-order valence-electron chi connectivity index (χ2n) is 5.28. The fraction of sp³-hybridized carbons (Fsp3) is 0.692. The van der Waals surface area contributed by atoms with Crippen molar-refractivity contribution >= 4 is 11.6 Å². The topological polar surface area (TPSA) is 70.1 Å². The van der Waals surface area contributed by atoms with Gasteiger partial charge in [0.1, 0.15) is 17.5 Å². The van der Waals surface area contributed by atoms with E-state index in [1.807, 2.05) is 20.0 Å². The van der Waals surface area contributed by atoms with Crippen LogP contribution in [0.4, 0.5) is 11.6 Å². The lowest BCUT2D eigenvalue weighted by atomic mass is 9.88. The minimum absolute atomic E-state index is 0.140. The van der Waals surface area contributed by atoms with Gasteiger partial charge >= 0.3 is 0 Å². The number of hydrogen-bond donors (Lipinski definition) is 3. The van der Waals surface area contributed by atoms with E-state index in [-0.39, 0.29) is 12.0 Å². The smallest absolute Gasteiger partial charge is 0.131 e. The average Bonchev–Trinajstić information content (AvgIpc) is 2.33. The Hall–Kier alpha value is -1.36. The fourth-order valence-corrected chi connectivity index (χ4v) is 1.76. The predicted octanol–water partition coefficient (Wildman–Crippen LogP) is 2.04. The molecule has 0 spiro atoms. The summed E-state index contributed by atoms with van der Waals surface area (Å²) in [5.74, 6) is 2.40. The third-order valence-corrected chi connectivity index (χ3v) is 2.85. The quantitative estimate of drug-likeness (QED) is 0.692. The van der Waals surface area contributed by atoms with Gasteiger partial charge in [-0.15, -0.1) is 0 Å². The lowest BCUT2D eigenvalue weighted by molar-refractivity contribution is 0.248. The van der Waals surface area contributed by atoms with E-state index in [2.05, 4.69) is 34.4 Å². The molecule has 0 amide bonds. The van der Waals surface area contributed by atoms with Crippen LogP contribution in [0.15, 0.2) is 6.07 Å². The summed E-state index contributed by atoms with van der Waals surface area (Å²) in [5.41, 5.74) is 0.140.